The lowest BCUT2D eigenvalue weighted by atomic mass is 9.96. The van der Waals surface area contributed by atoms with Crippen molar-refractivity contribution in [1.82, 2.24) is 9.55 Å². The van der Waals surface area contributed by atoms with Crippen LogP contribution in [0, 0.1) is 0 Å². The number of nitrogens with zero attached hydrogens (tertiary/aromatic N) is 3. The SMILES string of the molecule is CCOC(=O)C1=C(C)N=c2s/c(=C\c3ccccn3)c(=O)n2C1c1ccccc1Cl. The third-order valence-corrected chi connectivity index (χ3v) is 6.01. The highest BCUT2D eigenvalue weighted by Crippen LogP contribution is 2.34. The van der Waals surface area contributed by atoms with Crippen molar-refractivity contribution in [3.63, 3.8) is 0 Å². The zero-order valence-electron chi connectivity index (χ0n) is 16.3. The average molecular weight is 440 g/mol. The van der Waals surface area contributed by atoms with Crippen molar-refractivity contribution in [2.75, 3.05) is 6.61 Å². The van der Waals surface area contributed by atoms with E-state index in [0.717, 1.165) is 0 Å². The predicted octanol–water partition coefficient (Wildman–Crippen LogP) is 2.85. The van der Waals surface area contributed by atoms with Crippen molar-refractivity contribution >= 4 is 35.0 Å². The van der Waals surface area contributed by atoms with Crippen molar-refractivity contribution in [1.29, 1.82) is 0 Å². The van der Waals surface area contributed by atoms with E-state index in [1.54, 1.807) is 44.3 Å². The molecule has 1 unspecified atom stereocenters. The van der Waals surface area contributed by atoms with E-state index in [9.17, 15) is 9.59 Å². The maximum absolute atomic E-state index is 13.4. The molecule has 0 spiro atoms. The fourth-order valence-corrected chi connectivity index (χ4v) is 4.65. The molecule has 6 nitrogen and oxygen atoms in total. The minimum Gasteiger partial charge on any atom is -0.463 e. The minimum atomic E-state index is -0.722. The number of carbonyl (C=O) groups is 1. The molecule has 2 aromatic heterocycles. The number of fused-ring (bicyclic) bond motifs is 1. The number of pyridine rings is 1. The van der Waals surface area contributed by atoms with Gasteiger partial charge in [0.2, 0.25) is 0 Å². The van der Waals surface area contributed by atoms with Gasteiger partial charge in [0.25, 0.3) is 5.56 Å². The Hall–Kier alpha value is -3.03. The predicted molar refractivity (Wildman–Crippen MR) is 116 cm³/mol. The summed E-state index contributed by atoms with van der Waals surface area (Å²) in [4.78, 5) is 35.5. The Morgan fingerprint density at radius 1 is 1.27 bits per heavy atom. The van der Waals surface area contributed by atoms with Crippen LogP contribution in [0.25, 0.3) is 6.08 Å². The molecule has 0 N–H and O–H groups in total. The quantitative estimate of drug-likeness (QED) is 0.586. The molecule has 0 bridgehead atoms. The molecule has 0 fully saturated rings. The number of thiazole rings is 1. The number of rotatable bonds is 4. The van der Waals surface area contributed by atoms with Gasteiger partial charge in [-0.25, -0.2) is 9.79 Å². The molecular formula is C22H18ClN3O3S. The normalized spacial score (nSPS) is 16.2. The molecular weight excluding hydrogens is 422 g/mol. The summed E-state index contributed by atoms with van der Waals surface area (Å²) >= 11 is 7.72. The van der Waals surface area contributed by atoms with E-state index in [1.165, 1.54) is 15.9 Å². The monoisotopic (exact) mass is 439 g/mol. The number of esters is 1. The molecule has 4 rings (SSSR count). The van der Waals surface area contributed by atoms with E-state index >= 15 is 0 Å². The number of halogens is 1. The van der Waals surface area contributed by atoms with Gasteiger partial charge < -0.3 is 4.74 Å². The zero-order chi connectivity index (χ0) is 21.3. The topological polar surface area (TPSA) is 73.6 Å². The first-order valence-electron chi connectivity index (χ1n) is 9.36. The largest absolute Gasteiger partial charge is 0.463 e. The Morgan fingerprint density at radius 3 is 2.73 bits per heavy atom. The van der Waals surface area contributed by atoms with Crippen molar-refractivity contribution in [3.05, 3.63) is 95.9 Å². The molecule has 1 aromatic carbocycles. The Morgan fingerprint density at radius 2 is 2.03 bits per heavy atom. The van der Waals surface area contributed by atoms with Crippen LogP contribution in [0.1, 0.15) is 31.1 Å². The highest BCUT2D eigenvalue weighted by Gasteiger charge is 2.34. The number of aromatic nitrogens is 2. The smallest absolute Gasteiger partial charge is 0.338 e. The van der Waals surface area contributed by atoms with Crippen LogP contribution in [0.4, 0.5) is 0 Å². The van der Waals surface area contributed by atoms with Crippen LogP contribution in [0.15, 0.2) is 69.7 Å². The van der Waals surface area contributed by atoms with Crippen molar-refractivity contribution in [2.24, 2.45) is 4.99 Å². The van der Waals surface area contributed by atoms with Crippen LogP contribution in [0.2, 0.25) is 5.02 Å². The van der Waals surface area contributed by atoms with Crippen LogP contribution < -0.4 is 14.9 Å². The van der Waals surface area contributed by atoms with Crippen LogP contribution in [0.3, 0.4) is 0 Å². The van der Waals surface area contributed by atoms with Gasteiger partial charge in [-0.2, -0.15) is 0 Å². The number of allylic oxidation sites excluding steroid dienone is 1. The third kappa shape index (κ3) is 3.62. The molecule has 0 saturated heterocycles. The van der Waals surface area contributed by atoms with E-state index in [0.29, 0.717) is 36.9 Å². The third-order valence-electron chi connectivity index (χ3n) is 4.68. The lowest BCUT2D eigenvalue weighted by Crippen LogP contribution is -2.40. The summed E-state index contributed by atoms with van der Waals surface area (Å²) in [5.74, 6) is -0.511. The van der Waals surface area contributed by atoms with E-state index < -0.39 is 12.0 Å². The van der Waals surface area contributed by atoms with Gasteiger partial charge in [0.1, 0.15) is 6.04 Å². The summed E-state index contributed by atoms with van der Waals surface area (Å²) in [6.07, 6.45) is 3.38. The number of carbonyl (C=O) groups excluding carboxylic acids is 1. The molecule has 3 heterocycles. The number of benzene rings is 1. The standard InChI is InChI=1S/C22H18ClN3O3S/c1-3-29-21(28)18-13(2)25-22-26(19(18)15-9-4-5-10-16(15)23)20(27)17(30-22)12-14-8-6-7-11-24-14/h4-12,19H,3H2,1-2H3/b17-12-. The maximum Gasteiger partial charge on any atom is 0.338 e. The summed E-state index contributed by atoms with van der Waals surface area (Å²) in [7, 11) is 0. The first kappa shape index (κ1) is 20.3. The Labute approximate surface area is 181 Å². The second-order valence-electron chi connectivity index (χ2n) is 6.58. The molecule has 0 amide bonds. The number of hydrogen-bond acceptors (Lipinski definition) is 6. The summed E-state index contributed by atoms with van der Waals surface area (Å²) < 4.78 is 7.26. The molecule has 30 heavy (non-hydrogen) atoms. The van der Waals surface area contributed by atoms with Crippen molar-refractivity contribution in [2.45, 2.75) is 19.9 Å². The Bertz CT molecular complexity index is 1330. The van der Waals surface area contributed by atoms with Gasteiger partial charge in [-0.3, -0.25) is 14.3 Å². The lowest BCUT2D eigenvalue weighted by molar-refractivity contribution is -0.139. The second-order valence-corrected chi connectivity index (χ2v) is 7.99. The van der Waals surface area contributed by atoms with Gasteiger partial charge in [0.05, 0.1) is 28.1 Å². The van der Waals surface area contributed by atoms with Crippen LogP contribution in [-0.2, 0) is 9.53 Å². The second kappa shape index (κ2) is 8.38. The van der Waals surface area contributed by atoms with Gasteiger partial charge >= 0.3 is 5.97 Å². The van der Waals surface area contributed by atoms with Gasteiger partial charge in [0.15, 0.2) is 4.80 Å². The maximum atomic E-state index is 13.4. The van der Waals surface area contributed by atoms with E-state index in [4.69, 9.17) is 16.3 Å². The van der Waals surface area contributed by atoms with Crippen molar-refractivity contribution < 1.29 is 9.53 Å². The lowest BCUT2D eigenvalue weighted by Gasteiger charge is -2.25. The minimum absolute atomic E-state index is 0.217. The molecule has 1 aliphatic heterocycles. The van der Waals surface area contributed by atoms with E-state index in [-0.39, 0.29) is 12.2 Å². The van der Waals surface area contributed by atoms with Crippen LogP contribution in [-0.4, -0.2) is 22.1 Å². The molecule has 8 heteroatoms. The molecule has 1 aliphatic rings. The summed E-state index contributed by atoms with van der Waals surface area (Å²) in [5.41, 5.74) is 1.86. The number of ether oxygens (including phenoxy) is 1. The molecule has 0 radical (unpaired) electrons. The molecule has 152 valence electrons. The molecule has 3 aromatic rings. The van der Waals surface area contributed by atoms with Crippen LogP contribution >= 0.6 is 22.9 Å². The molecule has 0 saturated carbocycles. The fourth-order valence-electron chi connectivity index (χ4n) is 3.38. The molecule has 1 atom stereocenters. The Balaban J connectivity index is 1.99. The van der Waals surface area contributed by atoms with Gasteiger partial charge in [-0.15, -0.1) is 0 Å². The average Bonchev–Trinajstić information content (AvgIpc) is 3.03. The fraction of sp³-hybridized carbons (Fsp3) is 0.182. The first-order chi connectivity index (χ1) is 14.5. The van der Waals surface area contributed by atoms with Gasteiger partial charge in [0, 0.05) is 11.2 Å². The van der Waals surface area contributed by atoms with Gasteiger partial charge in [-0.1, -0.05) is 47.2 Å². The van der Waals surface area contributed by atoms with E-state index in [1.807, 2.05) is 24.3 Å². The van der Waals surface area contributed by atoms with Crippen LogP contribution in [0.5, 0.6) is 0 Å². The molecule has 0 aliphatic carbocycles. The number of hydrogen-bond donors (Lipinski definition) is 0. The summed E-state index contributed by atoms with van der Waals surface area (Å²) in [5, 5.41) is 0.457. The summed E-state index contributed by atoms with van der Waals surface area (Å²) in [6, 6.07) is 11.9. The zero-order valence-corrected chi connectivity index (χ0v) is 17.9. The van der Waals surface area contributed by atoms with Gasteiger partial charge in [-0.05, 0) is 43.7 Å². The highest BCUT2D eigenvalue weighted by atomic mass is 35.5. The first-order valence-corrected chi connectivity index (χ1v) is 10.6. The Kier molecular flexibility index (Phi) is 5.65. The van der Waals surface area contributed by atoms with Crippen molar-refractivity contribution in [3.8, 4) is 0 Å². The van der Waals surface area contributed by atoms with E-state index in [2.05, 4.69) is 9.98 Å². The highest BCUT2D eigenvalue weighted by molar-refractivity contribution is 7.07. The summed E-state index contributed by atoms with van der Waals surface area (Å²) in [6.45, 7) is 3.70.